The van der Waals surface area contributed by atoms with Gasteiger partial charge in [-0.2, -0.15) is 0 Å². The highest BCUT2D eigenvalue weighted by molar-refractivity contribution is 6.33. The Morgan fingerprint density at radius 1 is 1.07 bits per heavy atom. The summed E-state index contributed by atoms with van der Waals surface area (Å²) in [6.45, 7) is 1.23. The van der Waals surface area contributed by atoms with E-state index in [0.29, 0.717) is 30.1 Å². The Bertz CT molecular complexity index is 1080. The van der Waals surface area contributed by atoms with Gasteiger partial charge in [0.15, 0.2) is 0 Å². The van der Waals surface area contributed by atoms with Gasteiger partial charge in [0.1, 0.15) is 11.9 Å². The molecule has 3 aromatic rings. The third-order valence-electron chi connectivity index (χ3n) is 6.06. The Labute approximate surface area is 179 Å². The standard InChI is InChI=1S/C22H22ClN5O2/c23-15-6-2-1-5-14(15)21(29)28-12-4-8-19(28)22(30)27-11-3-7-18(27)20-25-16-9-10-24-13-17(16)26-20/h1-2,5-6,9-10,13,18-19H,3-4,7-8,11-12H2,(H,25,26). The Morgan fingerprint density at radius 2 is 1.87 bits per heavy atom. The number of H-pyrrole nitrogens is 1. The first-order valence-corrected chi connectivity index (χ1v) is 10.7. The number of aromatic nitrogens is 3. The average molecular weight is 424 g/mol. The third kappa shape index (κ3) is 3.23. The van der Waals surface area contributed by atoms with Crippen molar-refractivity contribution >= 4 is 34.4 Å². The molecule has 1 aromatic carbocycles. The maximum atomic E-state index is 13.5. The maximum Gasteiger partial charge on any atom is 0.256 e. The van der Waals surface area contributed by atoms with Crippen molar-refractivity contribution in [3.8, 4) is 0 Å². The number of carbonyl (C=O) groups is 2. The molecule has 2 saturated heterocycles. The molecular weight excluding hydrogens is 402 g/mol. The Kier molecular flexibility index (Phi) is 4.90. The number of likely N-dealkylation sites (tertiary alicyclic amines) is 2. The minimum Gasteiger partial charge on any atom is -0.339 e. The van der Waals surface area contributed by atoms with E-state index in [9.17, 15) is 9.59 Å². The lowest BCUT2D eigenvalue weighted by atomic mass is 10.1. The van der Waals surface area contributed by atoms with E-state index in [0.717, 1.165) is 36.1 Å². The number of hydrogen-bond donors (Lipinski definition) is 1. The van der Waals surface area contributed by atoms with Crippen LogP contribution >= 0.6 is 11.6 Å². The van der Waals surface area contributed by atoms with Crippen LogP contribution in [0.25, 0.3) is 11.0 Å². The predicted molar refractivity (Wildman–Crippen MR) is 113 cm³/mol. The molecular formula is C22H22ClN5O2. The number of benzene rings is 1. The molecule has 2 aromatic heterocycles. The number of imidazole rings is 1. The largest absolute Gasteiger partial charge is 0.339 e. The first-order chi connectivity index (χ1) is 14.6. The summed E-state index contributed by atoms with van der Waals surface area (Å²) in [5.74, 6) is 0.599. The second kappa shape index (κ2) is 7.72. The number of pyridine rings is 1. The van der Waals surface area contributed by atoms with Crippen LogP contribution in [0.5, 0.6) is 0 Å². The Morgan fingerprint density at radius 3 is 2.70 bits per heavy atom. The molecule has 2 fully saturated rings. The van der Waals surface area contributed by atoms with Crippen LogP contribution in [0.15, 0.2) is 42.7 Å². The van der Waals surface area contributed by atoms with Crippen molar-refractivity contribution in [2.24, 2.45) is 0 Å². The van der Waals surface area contributed by atoms with Crippen molar-refractivity contribution in [3.63, 3.8) is 0 Å². The van der Waals surface area contributed by atoms with E-state index < -0.39 is 6.04 Å². The molecule has 30 heavy (non-hydrogen) atoms. The van der Waals surface area contributed by atoms with E-state index in [-0.39, 0.29) is 17.9 Å². The van der Waals surface area contributed by atoms with Crippen molar-refractivity contribution in [3.05, 3.63) is 59.1 Å². The molecule has 2 unspecified atom stereocenters. The van der Waals surface area contributed by atoms with Gasteiger partial charge in [-0.05, 0) is 43.9 Å². The van der Waals surface area contributed by atoms with Crippen LogP contribution in [0.2, 0.25) is 5.02 Å². The van der Waals surface area contributed by atoms with Gasteiger partial charge in [0.05, 0.1) is 33.9 Å². The molecule has 2 atom stereocenters. The number of carbonyl (C=O) groups excluding carboxylic acids is 2. The smallest absolute Gasteiger partial charge is 0.256 e. The molecule has 0 aliphatic carbocycles. The maximum absolute atomic E-state index is 13.5. The number of aromatic amines is 1. The van der Waals surface area contributed by atoms with Crippen molar-refractivity contribution < 1.29 is 9.59 Å². The van der Waals surface area contributed by atoms with Crippen molar-refractivity contribution in [1.29, 1.82) is 0 Å². The summed E-state index contributed by atoms with van der Waals surface area (Å²) >= 11 is 6.23. The van der Waals surface area contributed by atoms with Gasteiger partial charge >= 0.3 is 0 Å². The van der Waals surface area contributed by atoms with Crippen LogP contribution < -0.4 is 0 Å². The average Bonchev–Trinajstić information content (AvgIpc) is 3.51. The first kappa shape index (κ1) is 19.1. The number of fused-ring (bicyclic) bond motifs is 1. The van der Waals surface area contributed by atoms with E-state index >= 15 is 0 Å². The highest BCUT2D eigenvalue weighted by Gasteiger charge is 2.41. The van der Waals surface area contributed by atoms with E-state index in [1.54, 1.807) is 41.6 Å². The highest BCUT2D eigenvalue weighted by atomic mass is 35.5. The molecule has 4 heterocycles. The zero-order valence-corrected chi connectivity index (χ0v) is 17.2. The summed E-state index contributed by atoms with van der Waals surface area (Å²) < 4.78 is 0. The first-order valence-electron chi connectivity index (χ1n) is 10.3. The minimum atomic E-state index is -0.458. The fraction of sp³-hybridized carbons (Fsp3) is 0.364. The van der Waals surface area contributed by atoms with Gasteiger partial charge in [-0.1, -0.05) is 23.7 Å². The normalized spacial score (nSPS) is 21.5. The quantitative estimate of drug-likeness (QED) is 0.698. The number of hydrogen-bond acceptors (Lipinski definition) is 4. The Balaban J connectivity index is 1.40. The van der Waals surface area contributed by atoms with Crippen molar-refractivity contribution in [2.75, 3.05) is 13.1 Å². The second-order valence-electron chi connectivity index (χ2n) is 7.84. The van der Waals surface area contributed by atoms with E-state index in [2.05, 4.69) is 15.0 Å². The fourth-order valence-electron chi connectivity index (χ4n) is 4.60. The molecule has 154 valence electrons. The summed E-state index contributed by atoms with van der Waals surface area (Å²) in [6.07, 6.45) is 6.69. The molecule has 2 amide bonds. The molecule has 1 N–H and O–H groups in total. The molecule has 0 radical (unpaired) electrons. The fourth-order valence-corrected chi connectivity index (χ4v) is 4.81. The van der Waals surface area contributed by atoms with E-state index in [4.69, 9.17) is 11.6 Å². The number of nitrogens with zero attached hydrogens (tertiary/aromatic N) is 4. The summed E-state index contributed by atoms with van der Waals surface area (Å²) in [5, 5.41) is 0.413. The van der Waals surface area contributed by atoms with Crippen LogP contribution in [0.1, 0.15) is 47.9 Å². The summed E-state index contributed by atoms with van der Waals surface area (Å²) in [5.41, 5.74) is 2.15. The van der Waals surface area contributed by atoms with Gasteiger partial charge in [0, 0.05) is 19.3 Å². The van der Waals surface area contributed by atoms with Gasteiger partial charge < -0.3 is 14.8 Å². The van der Waals surface area contributed by atoms with Crippen LogP contribution in [0, 0.1) is 0 Å². The zero-order chi connectivity index (χ0) is 20.7. The highest BCUT2D eigenvalue weighted by Crippen LogP contribution is 2.34. The summed E-state index contributed by atoms with van der Waals surface area (Å²) in [4.78, 5) is 42.3. The lowest BCUT2D eigenvalue weighted by Gasteiger charge is -2.31. The van der Waals surface area contributed by atoms with Gasteiger partial charge in [-0.25, -0.2) is 4.98 Å². The van der Waals surface area contributed by atoms with E-state index in [1.807, 2.05) is 11.0 Å². The van der Waals surface area contributed by atoms with Gasteiger partial charge in [0.25, 0.3) is 5.91 Å². The summed E-state index contributed by atoms with van der Waals surface area (Å²) in [7, 11) is 0. The van der Waals surface area contributed by atoms with Crippen LogP contribution in [0.3, 0.4) is 0 Å². The Hall–Kier alpha value is -2.93. The lowest BCUT2D eigenvalue weighted by Crippen LogP contribution is -2.47. The molecule has 0 spiro atoms. The van der Waals surface area contributed by atoms with Crippen LogP contribution in [0.4, 0.5) is 0 Å². The van der Waals surface area contributed by atoms with E-state index in [1.165, 1.54) is 0 Å². The molecule has 5 rings (SSSR count). The molecule has 8 heteroatoms. The molecule has 0 bridgehead atoms. The van der Waals surface area contributed by atoms with Crippen LogP contribution in [-0.2, 0) is 4.79 Å². The van der Waals surface area contributed by atoms with Gasteiger partial charge in [0.2, 0.25) is 5.91 Å². The lowest BCUT2D eigenvalue weighted by molar-refractivity contribution is -0.136. The minimum absolute atomic E-state index is 0.00557. The monoisotopic (exact) mass is 423 g/mol. The number of rotatable bonds is 3. The SMILES string of the molecule is O=C(c1ccccc1Cl)N1CCCC1C(=O)N1CCCC1c1nc2ccncc2[nH]1. The molecule has 7 nitrogen and oxygen atoms in total. The molecule has 2 aliphatic heterocycles. The molecule has 2 aliphatic rings. The predicted octanol–water partition coefficient (Wildman–Crippen LogP) is 3.58. The van der Waals surface area contributed by atoms with Crippen LogP contribution in [-0.4, -0.2) is 55.7 Å². The number of amides is 2. The van der Waals surface area contributed by atoms with Gasteiger partial charge in [-0.3, -0.25) is 14.6 Å². The third-order valence-corrected chi connectivity index (χ3v) is 6.39. The molecule has 0 saturated carbocycles. The van der Waals surface area contributed by atoms with Gasteiger partial charge in [-0.15, -0.1) is 0 Å². The topological polar surface area (TPSA) is 82.2 Å². The van der Waals surface area contributed by atoms with Crippen molar-refractivity contribution in [1.82, 2.24) is 24.8 Å². The zero-order valence-electron chi connectivity index (χ0n) is 16.4. The number of halogens is 1. The summed E-state index contributed by atoms with van der Waals surface area (Å²) in [6, 6.07) is 8.29. The number of nitrogens with one attached hydrogen (secondary N) is 1. The van der Waals surface area contributed by atoms with Crippen molar-refractivity contribution in [2.45, 2.75) is 37.8 Å². The second-order valence-corrected chi connectivity index (χ2v) is 8.25.